The van der Waals surface area contributed by atoms with Gasteiger partial charge in [-0.25, -0.2) is 0 Å². The van der Waals surface area contributed by atoms with E-state index >= 15 is 0 Å². The van der Waals surface area contributed by atoms with Crippen LogP contribution in [0.25, 0.3) is 0 Å². The maximum absolute atomic E-state index is 12.2. The van der Waals surface area contributed by atoms with E-state index in [1.165, 1.54) is 0 Å². The van der Waals surface area contributed by atoms with Gasteiger partial charge in [-0.05, 0) is 42.7 Å². The quantitative estimate of drug-likeness (QED) is 0.793. The molecule has 0 radical (unpaired) electrons. The van der Waals surface area contributed by atoms with E-state index in [2.05, 4.69) is 5.32 Å². The second kappa shape index (κ2) is 8.50. The summed E-state index contributed by atoms with van der Waals surface area (Å²) in [6, 6.07) is 14.6. The van der Waals surface area contributed by atoms with Crippen LogP contribution in [0.3, 0.4) is 0 Å². The van der Waals surface area contributed by atoms with Gasteiger partial charge in [-0.1, -0.05) is 48.9 Å². The lowest BCUT2D eigenvalue weighted by Crippen LogP contribution is -2.24. The van der Waals surface area contributed by atoms with Gasteiger partial charge in [0.25, 0.3) is 5.91 Å². The predicted molar refractivity (Wildman–Crippen MR) is 95.3 cm³/mol. The van der Waals surface area contributed by atoms with Crippen LogP contribution in [0.5, 0.6) is 0 Å². The SMILES string of the molecule is CC[C@@H](C(=O)OCC(=O)Nc1ccc(Cl)cc1C)c1ccccc1. The zero-order valence-electron chi connectivity index (χ0n) is 13.7. The lowest BCUT2D eigenvalue weighted by Gasteiger charge is -2.15. The summed E-state index contributed by atoms with van der Waals surface area (Å²) < 4.78 is 5.17. The van der Waals surface area contributed by atoms with Crippen LogP contribution in [0, 0.1) is 6.92 Å². The number of rotatable bonds is 6. The number of nitrogens with one attached hydrogen (secondary N) is 1. The van der Waals surface area contributed by atoms with Crippen molar-refractivity contribution in [1.29, 1.82) is 0 Å². The minimum atomic E-state index is -0.397. The second-order valence-electron chi connectivity index (χ2n) is 5.49. The molecule has 0 saturated carbocycles. The Labute approximate surface area is 146 Å². The smallest absolute Gasteiger partial charge is 0.313 e. The molecule has 2 aromatic rings. The van der Waals surface area contributed by atoms with Gasteiger partial charge in [0, 0.05) is 10.7 Å². The van der Waals surface area contributed by atoms with Crippen molar-refractivity contribution < 1.29 is 14.3 Å². The van der Waals surface area contributed by atoms with Gasteiger partial charge in [0.15, 0.2) is 6.61 Å². The maximum atomic E-state index is 12.2. The molecule has 126 valence electrons. The van der Waals surface area contributed by atoms with Crippen molar-refractivity contribution in [3.8, 4) is 0 Å². The Hall–Kier alpha value is -2.33. The van der Waals surface area contributed by atoms with E-state index in [0.29, 0.717) is 17.1 Å². The molecule has 0 heterocycles. The van der Waals surface area contributed by atoms with Crippen molar-refractivity contribution in [2.45, 2.75) is 26.2 Å². The Morgan fingerprint density at radius 2 is 1.88 bits per heavy atom. The van der Waals surface area contributed by atoms with Gasteiger partial charge in [0.2, 0.25) is 0 Å². The highest BCUT2D eigenvalue weighted by molar-refractivity contribution is 6.30. The van der Waals surface area contributed by atoms with Gasteiger partial charge >= 0.3 is 5.97 Å². The summed E-state index contributed by atoms with van der Waals surface area (Å²) >= 11 is 5.88. The second-order valence-corrected chi connectivity index (χ2v) is 5.92. The van der Waals surface area contributed by atoms with E-state index in [1.54, 1.807) is 18.2 Å². The minimum absolute atomic E-state index is 0.315. The van der Waals surface area contributed by atoms with E-state index in [9.17, 15) is 9.59 Å². The summed E-state index contributed by atoms with van der Waals surface area (Å²) in [6.07, 6.45) is 0.612. The number of anilines is 1. The molecule has 2 aromatic carbocycles. The summed E-state index contributed by atoms with van der Waals surface area (Å²) in [4.78, 5) is 24.2. The van der Waals surface area contributed by atoms with E-state index < -0.39 is 5.97 Å². The highest BCUT2D eigenvalue weighted by atomic mass is 35.5. The molecule has 5 heteroatoms. The molecule has 0 spiro atoms. The molecule has 1 amide bonds. The van der Waals surface area contributed by atoms with Crippen LogP contribution in [0.4, 0.5) is 5.69 Å². The Morgan fingerprint density at radius 1 is 1.17 bits per heavy atom. The zero-order chi connectivity index (χ0) is 17.5. The first kappa shape index (κ1) is 18.0. The highest BCUT2D eigenvalue weighted by Crippen LogP contribution is 2.21. The molecule has 0 aliphatic rings. The molecular weight excluding hydrogens is 326 g/mol. The van der Waals surface area contributed by atoms with Gasteiger partial charge in [-0.15, -0.1) is 0 Å². The van der Waals surface area contributed by atoms with Gasteiger partial charge in [0.05, 0.1) is 5.92 Å². The van der Waals surface area contributed by atoms with Crippen LogP contribution in [0.15, 0.2) is 48.5 Å². The molecule has 0 aliphatic heterocycles. The fourth-order valence-corrected chi connectivity index (χ4v) is 2.64. The highest BCUT2D eigenvalue weighted by Gasteiger charge is 2.21. The third-order valence-corrected chi connectivity index (χ3v) is 3.94. The lowest BCUT2D eigenvalue weighted by atomic mass is 9.97. The summed E-state index contributed by atoms with van der Waals surface area (Å²) in [5.41, 5.74) is 2.38. The molecule has 0 saturated heterocycles. The van der Waals surface area contributed by atoms with Crippen molar-refractivity contribution in [2.75, 3.05) is 11.9 Å². The number of hydrogen-bond donors (Lipinski definition) is 1. The largest absolute Gasteiger partial charge is 0.455 e. The van der Waals surface area contributed by atoms with E-state index in [-0.39, 0.29) is 18.4 Å². The molecule has 1 atom stereocenters. The molecule has 24 heavy (non-hydrogen) atoms. The first-order valence-electron chi connectivity index (χ1n) is 7.79. The van der Waals surface area contributed by atoms with Crippen LogP contribution >= 0.6 is 11.6 Å². The summed E-state index contributed by atoms with van der Waals surface area (Å²) in [7, 11) is 0. The number of esters is 1. The molecule has 2 rings (SSSR count). The standard InChI is InChI=1S/C19H20ClNO3/c1-3-16(14-7-5-4-6-8-14)19(23)24-12-18(22)21-17-10-9-15(20)11-13(17)2/h4-11,16H,3,12H2,1-2H3,(H,21,22)/t16-/m1/s1. The fourth-order valence-electron chi connectivity index (χ4n) is 2.41. The maximum Gasteiger partial charge on any atom is 0.313 e. The van der Waals surface area contributed by atoms with Crippen molar-refractivity contribution in [3.05, 3.63) is 64.7 Å². The van der Waals surface area contributed by atoms with Crippen molar-refractivity contribution >= 4 is 29.2 Å². The molecule has 0 aromatic heterocycles. The number of benzene rings is 2. The Bertz CT molecular complexity index is 716. The molecule has 0 aliphatic carbocycles. The van der Waals surface area contributed by atoms with Crippen LogP contribution < -0.4 is 5.32 Å². The van der Waals surface area contributed by atoms with Crippen molar-refractivity contribution in [1.82, 2.24) is 0 Å². The van der Waals surface area contributed by atoms with Gasteiger partial charge < -0.3 is 10.1 Å². The van der Waals surface area contributed by atoms with Crippen molar-refractivity contribution in [2.24, 2.45) is 0 Å². The molecule has 0 fully saturated rings. The minimum Gasteiger partial charge on any atom is -0.455 e. The predicted octanol–water partition coefficient (Wildman–Crippen LogP) is 4.32. The fraction of sp³-hybridized carbons (Fsp3) is 0.263. The number of carbonyl (C=O) groups excluding carboxylic acids is 2. The van der Waals surface area contributed by atoms with E-state index in [1.807, 2.05) is 44.2 Å². The topological polar surface area (TPSA) is 55.4 Å². The normalized spacial score (nSPS) is 11.6. The Morgan fingerprint density at radius 3 is 2.50 bits per heavy atom. The number of ether oxygens (including phenoxy) is 1. The van der Waals surface area contributed by atoms with Gasteiger partial charge in [-0.3, -0.25) is 9.59 Å². The number of amides is 1. The summed E-state index contributed by atoms with van der Waals surface area (Å²) in [5.74, 6) is -1.14. The van der Waals surface area contributed by atoms with Crippen LogP contribution in [0.2, 0.25) is 5.02 Å². The Kier molecular flexibility index (Phi) is 6.38. The first-order valence-corrected chi connectivity index (χ1v) is 8.16. The van der Waals surface area contributed by atoms with Gasteiger partial charge in [-0.2, -0.15) is 0 Å². The number of halogens is 1. The third kappa shape index (κ3) is 4.83. The number of aryl methyl sites for hydroxylation is 1. The summed E-state index contributed by atoms with van der Waals surface area (Å²) in [5, 5.41) is 3.32. The van der Waals surface area contributed by atoms with Crippen LogP contribution in [-0.2, 0) is 14.3 Å². The summed E-state index contributed by atoms with van der Waals surface area (Å²) in [6.45, 7) is 3.44. The van der Waals surface area contributed by atoms with Crippen LogP contribution in [0.1, 0.15) is 30.4 Å². The average molecular weight is 346 g/mol. The monoisotopic (exact) mass is 345 g/mol. The lowest BCUT2D eigenvalue weighted by molar-refractivity contribution is -0.149. The van der Waals surface area contributed by atoms with E-state index in [0.717, 1.165) is 11.1 Å². The third-order valence-electron chi connectivity index (χ3n) is 3.70. The average Bonchev–Trinajstić information content (AvgIpc) is 2.57. The van der Waals surface area contributed by atoms with Crippen molar-refractivity contribution in [3.63, 3.8) is 0 Å². The molecular formula is C19H20ClNO3. The molecule has 0 unspecified atom stereocenters. The number of hydrogen-bond acceptors (Lipinski definition) is 3. The van der Waals surface area contributed by atoms with E-state index in [4.69, 9.17) is 16.3 Å². The molecule has 1 N–H and O–H groups in total. The molecule has 4 nitrogen and oxygen atoms in total. The first-order chi connectivity index (χ1) is 11.5. The zero-order valence-corrected chi connectivity index (χ0v) is 14.5. The van der Waals surface area contributed by atoms with Gasteiger partial charge in [0.1, 0.15) is 0 Å². The number of carbonyl (C=O) groups is 2. The Balaban J connectivity index is 1.92. The molecule has 0 bridgehead atoms. The van der Waals surface area contributed by atoms with Crippen LogP contribution in [-0.4, -0.2) is 18.5 Å².